The first kappa shape index (κ1) is 13.5. The lowest BCUT2D eigenvalue weighted by Crippen LogP contribution is -2.39. The Hall–Kier alpha value is -0.900. The standard InChI is InChI=1S/C14H24N2O2/c1-15-13-4-2-12(3-5-13)14(18)16-8-6-11(10-16)7-9-17/h9,11-13,15H,2-8,10H2,1H3. The zero-order chi connectivity index (χ0) is 13.0. The minimum absolute atomic E-state index is 0.226. The number of aldehydes is 1. The lowest BCUT2D eigenvalue weighted by molar-refractivity contribution is -0.135. The van der Waals surface area contributed by atoms with Crippen LogP contribution >= 0.6 is 0 Å². The average molecular weight is 252 g/mol. The fraction of sp³-hybridized carbons (Fsp3) is 0.857. The number of rotatable bonds is 4. The van der Waals surface area contributed by atoms with Crippen LogP contribution in [0, 0.1) is 11.8 Å². The normalized spacial score (nSPS) is 32.5. The van der Waals surface area contributed by atoms with Crippen LogP contribution in [0.4, 0.5) is 0 Å². The van der Waals surface area contributed by atoms with Gasteiger partial charge >= 0.3 is 0 Å². The predicted molar refractivity (Wildman–Crippen MR) is 70.2 cm³/mol. The van der Waals surface area contributed by atoms with E-state index in [-0.39, 0.29) is 5.92 Å². The van der Waals surface area contributed by atoms with Crippen molar-refractivity contribution in [1.82, 2.24) is 10.2 Å². The van der Waals surface area contributed by atoms with Crippen molar-refractivity contribution in [2.24, 2.45) is 11.8 Å². The van der Waals surface area contributed by atoms with Crippen LogP contribution in [0.15, 0.2) is 0 Å². The molecule has 1 saturated heterocycles. The molecule has 0 spiro atoms. The molecule has 0 radical (unpaired) electrons. The topological polar surface area (TPSA) is 49.4 Å². The van der Waals surface area contributed by atoms with Crippen molar-refractivity contribution in [3.05, 3.63) is 0 Å². The number of hydrogen-bond donors (Lipinski definition) is 1. The molecule has 1 N–H and O–H groups in total. The van der Waals surface area contributed by atoms with Crippen LogP contribution < -0.4 is 5.32 Å². The predicted octanol–water partition coefficient (Wildman–Crippen LogP) is 1.20. The summed E-state index contributed by atoms with van der Waals surface area (Å²) >= 11 is 0. The van der Waals surface area contributed by atoms with E-state index in [1.807, 2.05) is 11.9 Å². The van der Waals surface area contributed by atoms with E-state index in [2.05, 4.69) is 5.32 Å². The van der Waals surface area contributed by atoms with Gasteiger partial charge in [0.25, 0.3) is 0 Å². The Kier molecular flexibility index (Phi) is 4.75. The minimum atomic E-state index is 0.226. The molecule has 1 saturated carbocycles. The van der Waals surface area contributed by atoms with Crippen molar-refractivity contribution in [3.8, 4) is 0 Å². The van der Waals surface area contributed by atoms with Crippen molar-refractivity contribution >= 4 is 12.2 Å². The molecule has 0 aromatic carbocycles. The molecule has 4 nitrogen and oxygen atoms in total. The summed E-state index contributed by atoms with van der Waals surface area (Å²) in [4.78, 5) is 24.8. The summed E-state index contributed by atoms with van der Waals surface area (Å²) in [7, 11) is 2.00. The molecule has 2 rings (SSSR count). The molecular weight excluding hydrogens is 228 g/mol. The molecule has 1 atom stereocenters. The second-order valence-electron chi connectivity index (χ2n) is 5.68. The van der Waals surface area contributed by atoms with Gasteiger partial charge in [-0.15, -0.1) is 0 Å². The van der Waals surface area contributed by atoms with Gasteiger partial charge in [0.05, 0.1) is 0 Å². The molecule has 1 aliphatic heterocycles. The fourth-order valence-electron chi connectivity index (χ4n) is 3.25. The largest absolute Gasteiger partial charge is 0.342 e. The fourth-order valence-corrected chi connectivity index (χ4v) is 3.25. The van der Waals surface area contributed by atoms with Crippen LogP contribution in [-0.4, -0.2) is 43.3 Å². The summed E-state index contributed by atoms with van der Waals surface area (Å²) in [5.41, 5.74) is 0. The van der Waals surface area contributed by atoms with E-state index in [1.54, 1.807) is 0 Å². The van der Waals surface area contributed by atoms with E-state index in [1.165, 1.54) is 0 Å². The highest BCUT2D eigenvalue weighted by molar-refractivity contribution is 5.79. The Morgan fingerprint density at radius 2 is 2.00 bits per heavy atom. The first-order valence-electron chi connectivity index (χ1n) is 7.14. The summed E-state index contributed by atoms with van der Waals surface area (Å²) in [5, 5.41) is 3.29. The minimum Gasteiger partial charge on any atom is -0.342 e. The first-order valence-corrected chi connectivity index (χ1v) is 7.14. The van der Waals surface area contributed by atoms with Crippen molar-refractivity contribution < 1.29 is 9.59 Å². The third-order valence-electron chi connectivity index (χ3n) is 4.51. The van der Waals surface area contributed by atoms with Gasteiger partial charge in [-0.1, -0.05) is 0 Å². The van der Waals surface area contributed by atoms with E-state index in [0.717, 1.165) is 51.5 Å². The zero-order valence-corrected chi connectivity index (χ0v) is 11.2. The molecule has 0 aromatic heterocycles. The molecule has 1 aliphatic carbocycles. The second kappa shape index (κ2) is 6.32. The molecule has 1 amide bonds. The Bertz CT molecular complexity index is 298. The van der Waals surface area contributed by atoms with E-state index in [4.69, 9.17) is 0 Å². The second-order valence-corrected chi connectivity index (χ2v) is 5.68. The maximum atomic E-state index is 12.4. The number of hydrogen-bond acceptors (Lipinski definition) is 3. The number of nitrogens with zero attached hydrogens (tertiary/aromatic N) is 1. The van der Waals surface area contributed by atoms with Crippen molar-refractivity contribution in [2.45, 2.75) is 44.6 Å². The van der Waals surface area contributed by atoms with Gasteiger partial charge in [-0.25, -0.2) is 0 Å². The first-order chi connectivity index (χ1) is 8.74. The number of carbonyl (C=O) groups excluding carboxylic acids is 2. The van der Waals surface area contributed by atoms with E-state index in [0.29, 0.717) is 24.3 Å². The van der Waals surface area contributed by atoms with Gasteiger partial charge in [-0.2, -0.15) is 0 Å². The van der Waals surface area contributed by atoms with Crippen LogP contribution in [0.25, 0.3) is 0 Å². The Morgan fingerprint density at radius 1 is 1.28 bits per heavy atom. The maximum absolute atomic E-state index is 12.4. The highest BCUT2D eigenvalue weighted by atomic mass is 16.2. The van der Waals surface area contributed by atoms with Crippen LogP contribution in [0.3, 0.4) is 0 Å². The van der Waals surface area contributed by atoms with E-state index in [9.17, 15) is 9.59 Å². The van der Waals surface area contributed by atoms with Crippen LogP contribution in [0.5, 0.6) is 0 Å². The highest BCUT2D eigenvalue weighted by Gasteiger charge is 2.32. The molecule has 2 aliphatic rings. The monoisotopic (exact) mass is 252 g/mol. The Labute approximate surface area is 109 Å². The van der Waals surface area contributed by atoms with Gasteiger partial charge < -0.3 is 15.0 Å². The molecule has 0 bridgehead atoms. The number of nitrogens with one attached hydrogen (secondary N) is 1. The van der Waals surface area contributed by atoms with Gasteiger partial charge in [0.15, 0.2) is 0 Å². The van der Waals surface area contributed by atoms with Crippen LogP contribution in [-0.2, 0) is 9.59 Å². The Balaban J connectivity index is 1.80. The van der Waals surface area contributed by atoms with Crippen molar-refractivity contribution in [1.29, 1.82) is 0 Å². The number of carbonyl (C=O) groups is 2. The third-order valence-corrected chi connectivity index (χ3v) is 4.51. The molecule has 0 aromatic rings. The highest BCUT2D eigenvalue weighted by Crippen LogP contribution is 2.28. The van der Waals surface area contributed by atoms with Crippen molar-refractivity contribution in [2.75, 3.05) is 20.1 Å². The number of likely N-dealkylation sites (tertiary alicyclic amines) is 1. The average Bonchev–Trinajstić information content (AvgIpc) is 2.87. The maximum Gasteiger partial charge on any atom is 0.225 e. The third kappa shape index (κ3) is 3.10. The SMILES string of the molecule is CNC1CCC(C(=O)N2CCC(CC=O)C2)CC1. The summed E-state index contributed by atoms with van der Waals surface area (Å²) in [6.45, 7) is 1.65. The molecule has 18 heavy (non-hydrogen) atoms. The van der Waals surface area contributed by atoms with Gasteiger partial charge in [0.2, 0.25) is 5.91 Å². The molecule has 1 heterocycles. The molecule has 4 heteroatoms. The van der Waals surface area contributed by atoms with Crippen LogP contribution in [0.2, 0.25) is 0 Å². The smallest absolute Gasteiger partial charge is 0.225 e. The molecule has 1 unspecified atom stereocenters. The Morgan fingerprint density at radius 3 is 2.61 bits per heavy atom. The number of amides is 1. The zero-order valence-electron chi connectivity index (χ0n) is 11.2. The summed E-state index contributed by atoms with van der Waals surface area (Å²) in [6, 6.07) is 0.593. The van der Waals surface area contributed by atoms with Gasteiger partial charge in [0.1, 0.15) is 6.29 Å². The molecule has 2 fully saturated rings. The van der Waals surface area contributed by atoms with Crippen LogP contribution in [0.1, 0.15) is 38.5 Å². The summed E-state index contributed by atoms with van der Waals surface area (Å²) in [6.07, 6.45) is 6.83. The van der Waals surface area contributed by atoms with Gasteiger partial charge in [-0.05, 0) is 45.1 Å². The lowest BCUT2D eigenvalue weighted by atomic mass is 9.85. The summed E-state index contributed by atoms with van der Waals surface area (Å²) < 4.78 is 0. The van der Waals surface area contributed by atoms with Gasteiger partial charge in [0, 0.05) is 31.5 Å². The lowest BCUT2D eigenvalue weighted by Gasteiger charge is -2.30. The quantitative estimate of drug-likeness (QED) is 0.765. The summed E-state index contributed by atoms with van der Waals surface area (Å²) in [5.74, 6) is 0.961. The van der Waals surface area contributed by atoms with Gasteiger partial charge in [-0.3, -0.25) is 4.79 Å². The molecular formula is C14H24N2O2. The van der Waals surface area contributed by atoms with E-state index >= 15 is 0 Å². The van der Waals surface area contributed by atoms with Crippen molar-refractivity contribution in [3.63, 3.8) is 0 Å². The van der Waals surface area contributed by atoms with E-state index < -0.39 is 0 Å². The molecule has 102 valence electrons.